The van der Waals surface area contributed by atoms with Crippen LogP contribution in [0, 0.1) is 0 Å². The average molecular weight is 231 g/mol. The van der Waals surface area contributed by atoms with Crippen molar-refractivity contribution in [2.24, 2.45) is 0 Å². The first kappa shape index (κ1) is 12.9. The number of amides is 1. The van der Waals surface area contributed by atoms with Gasteiger partial charge in [-0.25, -0.2) is 4.79 Å². The lowest BCUT2D eigenvalue weighted by molar-refractivity contribution is -0.135. The Labute approximate surface area is 93.8 Å². The van der Waals surface area contributed by atoms with Crippen LogP contribution in [-0.4, -0.2) is 51.5 Å². The normalized spacial score (nSPS) is 21.8. The quantitative estimate of drug-likeness (QED) is 0.614. The fourth-order valence-corrected chi connectivity index (χ4v) is 1.54. The van der Waals surface area contributed by atoms with E-state index in [4.69, 9.17) is 14.9 Å². The number of hydrogen-bond donors (Lipinski definition) is 2. The lowest BCUT2D eigenvalue weighted by Crippen LogP contribution is -2.47. The van der Waals surface area contributed by atoms with Crippen molar-refractivity contribution >= 4 is 11.9 Å². The predicted octanol–water partition coefficient (Wildman–Crippen LogP) is -0.124. The third-order valence-electron chi connectivity index (χ3n) is 2.18. The molecule has 0 aromatic carbocycles. The molecule has 0 aromatic rings. The molecule has 1 atom stereocenters. The fourth-order valence-electron chi connectivity index (χ4n) is 1.54. The van der Waals surface area contributed by atoms with E-state index in [0.29, 0.717) is 0 Å². The summed E-state index contributed by atoms with van der Waals surface area (Å²) in [6.07, 6.45) is -2.43. The number of Topliss-reactive ketones (excluding diaryl/α,β-unsaturated/α-hetero) is 1. The van der Waals surface area contributed by atoms with Crippen LogP contribution in [0.1, 0.15) is 27.2 Å². The molecule has 0 radical (unpaired) electrons. The van der Waals surface area contributed by atoms with Crippen molar-refractivity contribution in [3.8, 4) is 0 Å². The smallest absolute Gasteiger partial charge is 0.411 e. The second-order valence-electron chi connectivity index (χ2n) is 4.75. The topological polar surface area (TPSA) is 87.1 Å². The third-order valence-corrected chi connectivity index (χ3v) is 2.18. The number of ketones is 1. The van der Waals surface area contributed by atoms with Crippen molar-refractivity contribution in [1.29, 1.82) is 0 Å². The van der Waals surface area contributed by atoms with Gasteiger partial charge in [-0.05, 0) is 20.8 Å². The first-order chi connectivity index (χ1) is 7.22. The fraction of sp³-hybridized carbons (Fsp3) is 0.800. The summed E-state index contributed by atoms with van der Waals surface area (Å²) in [7, 11) is 0. The van der Waals surface area contributed by atoms with E-state index in [2.05, 4.69) is 0 Å². The molecule has 1 aliphatic rings. The number of carbonyl (C=O) groups is 2. The van der Waals surface area contributed by atoms with Gasteiger partial charge in [0.05, 0.1) is 0 Å². The Morgan fingerprint density at radius 2 is 2.06 bits per heavy atom. The van der Waals surface area contributed by atoms with Crippen molar-refractivity contribution in [2.75, 3.05) is 6.54 Å². The summed E-state index contributed by atoms with van der Waals surface area (Å²) >= 11 is 0. The highest BCUT2D eigenvalue weighted by Crippen LogP contribution is 2.19. The van der Waals surface area contributed by atoms with E-state index >= 15 is 0 Å². The van der Waals surface area contributed by atoms with Gasteiger partial charge in [-0.15, -0.1) is 0 Å². The summed E-state index contributed by atoms with van der Waals surface area (Å²) in [5.41, 5.74) is -0.673. The van der Waals surface area contributed by atoms with Gasteiger partial charge in [0.15, 0.2) is 12.1 Å². The Kier molecular flexibility index (Phi) is 3.54. The van der Waals surface area contributed by atoms with Crippen molar-refractivity contribution in [3.63, 3.8) is 0 Å². The molecule has 0 saturated carbocycles. The summed E-state index contributed by atoms with van der Waals surface area (Å²) in [5.74, 6) is -0.360. The summed E-state index contributed by atoms with van der Waals surface area (Å²) < 4.78 is 5.06. The van der Waals surface area contributed by atoms with Crippen molar-refractivity contribution in [2.45, 2.75) is 45.1 Å². The van der Waals surface area contributed by atoms with Crippen LogP contribution in [0.15, 0.2) is 0 Å². The Morgan fingerprint density at radius 1 is 1.50 bits per heavy atom. The highest BCUT2D eigenvalue weighted by atomic mass is 16.6. The predicted molar refractivity (Wildman–Crippen MR) is 54.6 cm³/mol. The summed E-state index contributed by atoms with van der Waals surface area (Å²) in [4.78, 5) is 24.0. The van der Waals surface area contributed by atoms with E-state index in [0.717, 1.165) is 4.90 Å². The molecular formula is C10H17NO5. The minimum absolute atomic E-state index is 0.127. The molecule has 6 nitrogen and oxygen atoms in total. The average Bonchev–Trinajstić information content (AvgIpc) is 2.43. The van der Waals surface area contributed by atoms with Crippen LogP contribution in [0.25, 0.3) is 0 Å². The maximum atomic E-state index is 11.7. The molecule has 0 bridgehead atoms. The number of ether oxygens (including phenoxy) is 1. The number of likely N-dealkylation sites (tertiary alicyclic amines) is 1. The van der Waals surface area contributed by atoms with Crippen LogP contribution in [0.4, 0.5) is 4.79 Å². The van der Waals surface area contributed by atoms with Gasteiger partial charge in [0, 0.05) is 13.0 Å². The molecule has 1 saturated heterocycles. The number of aliphatic hydroxyl groups is 2. The molecule has 6 heteroatoms. The minimum atomic E-state index is -1.86. The second kappa shape index (κ2) is 4.39. The van der Waals surface area contributed by atoms with E-state index in [1.54, 1.807) is 20.8 Å². The van der Waals surface area contributed by atoms with E-state index < -0.39 is 24.0 Å². The molecule has 1 rings (SSSR count). The lowest BCUT2D eigenvalue weighted by atomic mass is 10.2. The maximum Gasteiger partial charge on any atom is 0.411 e. The van der Waals surface area contributed by atoms with Gasteiger partial charge in [-0.2, -0.15) is 0 Å². The summed E-state index contributed by atoms with van der Waals surface area (Å²) in [5, 5.41) is 18.1. The first-order valence-corrected chi connectivity index (χ1v) is 5.11. The van der Waals surface area contributed by atoms with Gasteiger partial charge < -0.3 is 14.9 Å². The van der Waals surface area contributed by atoms with Crippen molar-refractivity contribution in [3.05, 3.63) is 0 Å². The zero-order valence-electron chi connectivity index (χ0n) is 9.64. The van der Waals surface area contributed by atoms with Gasteiger partial charge in [0.2, 0.25) is 0 Å². The van der Waals surface area contributed by atoms with Crippen molar-refractivity contribution < 1.29 is 24.5 Å². The SMILES string of the molecule is CC(C)(C)OC(=O)N1CCC(=O)[C@H]1C(O)O. The van der Waals surface area contributed by atoms with Gasteiger partial charge >= 0.3 is 6.09 Å². The van der Waals surface area contributed by atoms with Gasteiger partial charge in [0.25, 0.3) is 0 Å². The molecule has 2 N–H and O–H groups in total. The molecular weight excluding hydrogens is 214 g/mol. The molecule has 16 heavy (non-hydrogen) atoms. The Hall–Kier alpha value is -1.14. The number of carbonyl (C=O) groups excluding carboxylic acids is 2. The van der Waals surface area contributed by atoms with Gasteiger partial charge in [-0.3, -0.25) is 9.69 Å². The Morgan fingerprint density at radius 3 is 2.50 bits per heavy atom. The number of hydrogen-bond acceptors (Lipinski definition) is 5. The lowest BCUT2D eigenvalue weighted by Gasteiger charge is -2.28. The third kappa shape index (κ3) is 2.93. The Bertz CT molecular complexity index is 294. The Balaban J connectivity index is 2.73. The monoisotopic (exact) mass is 231 g/mol. The number of aliphatic hydroxyl groups excluding tert-OH is 1. The number of rotatable bonds is 1. The van der Waals surface area contributed by atoms with Crippen LogP contribution >= 0.6 is 0 Å². The highest BCUT2D eigenvalue weighted by Gasteiger charge is 2.41. The van der Waals surface area contributed by atoms with Crippen LogP contribution in [-0.2, 0) is 9.53 Å². The van der Waals surface area contributed by atoms with E-state index in [-0.39, 0.29) is 18.7 Å². The van der Waals surface area contributed by atoms with Crippen LogP contribution in [0.2, 0.25) is 0 Å². The molecule has 1 fully saturated rings. The zero-order chi connectivity index (χ0) is 12.5. The van der Waals surface area contributed by atoms with Crippen LogP contribution < -0.4 is 0 Å². The standard InChI is InChI=1S/C10H17NO5/c1-10(2,3)16-9(15)11-5-4-6(12)7(11)8(13)14/h7-8,13-14H,4-5H2,1-3H3/t7-/m0/s1. The van der Waals surface area contributed by atoms with Gasteiger partial charge in [-0.1, -0.05) is 0 Å². The van der Waals surface area contributed by atoms with Gasteiger partial charge in [0.1, 0.15) is 11.6 Å². The minimum Gasteiger partial charge on any atom is -0.444 e. The summed E-state index contributed by atoms with van der Waals surface area (Å²) in [6, 6.07) is -1.20. The van der Waals surface area contributed by atoms with Crippen LogP contribution in [0.5, 0.6) is 0 Å². The van der Waals surface area contributed by atoms with E-state index in [1.165, 1.54) is 0 Å². The van der Waals surface area contributed by atoms with Crippen LogP contribution in [0.3, 0.4) is 0 Å². The molecule has 1 amide bonds. The molecule has 92 valence electrons. The molecule has 1 aliphatic heterocycles. The zero-order valence-corrected chi connectivity index (χ0v) is 9.64. The molecule has 0 unspecified atom stereocenters. The molecule has 1 heterocycles. The summed E-state index contributed by atoms with van der Waals surface area (Å²) in [6.45, 7) is 5.27. The van der Waals surface area contributed by atoms with E-state index in [1.807, 2.05) is 0 Å². The highest BCUT2D eigenvalue weighted by molar-refractivity contribution is 5.91. The molecule has 0 spiro atoms. The molecule has 0 aromatic heterocycles. The first-order valence-electron chi connectivity index (χ1n) is 5.11. The number of nitrogens with zero attached hydrogens (tertiary/aromatic N) is 1. The maximum absolute atomic E-state index is 11.7. The second-order valence-corrected chi connectivity index (χ2v) is 4.75. The van der Waals surface area contributed by atoms with Crippen molar-refractivity contribution in [1.82, 2.24) is 4.90 Å². The largest absolute Gasteiger partial charge is 0.444 e. The molecule has 0 aliphatic carbocycles. The van der Waals surface area contributed by atoms with E-state index in [9.17, 15) is 9.59 Å².